The first kappa shape index (κ1) is 17.6. The van der Waals surface area contributed by atoms with Gasteiger partial charge >= 0.3 is 6.03 Å². The number of para-hydroxylation sites is 1. The molecule has 134 valence electrons. The average Bonchev–Trinajstić information content (AvgIpc) is 2.62. The predicted octanol–water partition coefficient (Wildman–Crippen LogP) is 2.51. The second-order valence-corrected chi connectivity index (χ2v) is 6.03. The van der Waals surface area contributed by atoms with E-state index in [9.17, 15) is 18.8 Å². The lowest BCUT2D eigenvalue weighted by Gasteiger charge is -2.28. The summed E-state index contributed by atoms with van der Waals surface area (Å²) in [4.78, 5) is 37.4. The molecule has 0 atom stereocenters. The minimum absolute atomic E-state index is 0.168. The summed E-state index contributed by atoms with van der Waals surface area (Å²) in [5.74, 6) is -1.08. The monoisotopic (exact) mass is 355 g/mol. The number of carbonyl (C=O) groups excluding carboxylic acids is 3. The maximum absolute atomic E-state index is 13.4. The highest BCUT2D eigenvalue weighted by molar-refractivity contribution is 6.09. The number of aryl methyl sites for hydroxylation is 1. The lowest BCUT2D eigenvalue weighted by molar-refractivity contribution is -0.120. The summed E-state index contributed by atoms with van der Waals surface area (Å²) < 4.78 is 13.4. The molecule has 0 bridgehead atoms. The van der Waals surface area contributed by atoms with Gasteiger partial charge in [-0.2, -0.15) is 0 Å². The highest BCUT2D eigenvalue weighted by Crippen LogP contribution is 2.22. The van der Waals surface area contributed by atoms with E-state index in [-0.39, 0.29) is 37.1 Å². The van der Waals surface area contributed by atoms with Crippen molar-refractivity contribution < 1.29 is 18.8 Å². The maximum atomic E-state index is 13.4. The highest BCUT2D eigenvalue weighted by Gasteiger charge is 2.27. The molecular weight excluding hydrogens is 337 g/mol. The Morgan fingerprint density at radius 2 is 2.00 bits per heavy atom. The van der Waals surface area contributed by atoms with Gasteiger partial charge in [0.05, 0.1) is 11.3 Å². The van der Waals surface area contributed by atoms with E-state index in [1.165, 1.54) is 17.0 Å². The van der Waals surface area contributed by atoms with Crippen LogP contribution in [0.25, 0.3) is 0 Å². The Labute approximate surface area is 150 Å². The van der Waals surface area contributed by atoms with Gasteiger partial charge in [-0.3, -0.25) is 19.8 Å². The van der Waals surface area contributed by atoms with Gasteiger partial charge in [-0.05, 0) is 42.3 Å². The van der Waals surface area contributed by atoms with Crippen LogP contribution in [0.5, 0.6) is 0 Å². The number of benzene rings is 2. The zero-order valence-electron chi connectivity index (χ0n) is 14.2. The van der Waals surface area contributed by atoms with Crippen molar-refractivity contribution in [1.29, 1.82) is 0 Å². The zero-order valence-corrected chi connectivity index (χ0v) is 14.2. The summed E-state index contributed by atoms with van der Waals surface area (Å²) in [7, 11) is 0. The van der Waals surface area contributed by atoms with Crippen LogP contribution in [-0.2, 0) is 11.3 Å². The normalized spacial score (nSPS) is 14.2. The van der Waals surface area contributed by atoms with Gasteiger partial charge in [0.1, 0.15) is 5.82 Å². The van der Waals surface area contributed by atoms with Gasteiger partial charge in [0.2, 0.25) is 5.91 Å². The van der Waals surface area contributed by atoms with Gasteiger partial charge in [0.15, 0.2) is 0 Å². The van der Waals surface area contributed by atoms with Crippen LogP contribution >= 0.6 is 0 Å². The third-order valence-corrected chi connectivity index (χ3v) is 4.24. The molecule has 0 unspecified atom stereocenters. The number of anilines is 1. The van der Waals surface area contributed by atoms with E-state index in [1.807, 2.05) is 6.92 Å². The number of rotatable bonds is 4. The molecule has 1 saturated heterocycles. The third kappa shape index (κ3) is 3.72. The van der Waals surface area contributed by atoms with Crippen molar-refractivity contribution in [2.45, 2.75) is 19.9 Å². The molecule has 6 nitrogen and oxygen atoms in total. The Balaban J connectivity index is 1.79. The summed E-state index contributed by atoms with van der Waals surface area (Å²) in [6.45, 7) is 2.21. The minimum Gasteiger partial charge on any atom is -0.348 e. The van der Waals surface area contributed by atoms with Crippen LogP contribution in [0.15, 0.2) is 42.5 Å². The molecule has 0 saturated carbocycles. The van der Waals surface area contributed by atoms with Gasteiger partial charge < -0.3 is 5.32 Å². The van der Waals surface area contributed by atoms with Crippen LogP contribution in [0.1, 0.15) is 27.9 Å². The van der Waals surface area contributed by atoms with Crippen LogP contribution in [-0.4, -0.2) is 24.4 Å². The number of urea groups is 1. The Hall–Kier alpha value is -3.22. The SMILES string of the molecule is Cc1ccc(F)cc1CNC(=O)c1ccccc1N1CCC(=O)NC1=O. The van der Waals surface area contributed by atoms with Crippen molar-refractivity contribution in [1.82, 2.24) is 10.6 Å². The molecule has 1 aliphatic heterocycles. The van der Waals surface area contributed by atoms with E-state index in [1.54, 1.807) is 30.3 Å². The molecule has 1 fully saturated rings. The number of hydrogen-bond acceptors (Lipinski definition) is 3. The number of carbonyl (C=O) groups is 3. The zero-order chi connectivity index (χ0) is 18.7. The second-order valence-electron chi connectivity index (χ2n) is 6.03. The lowest BCUT2D eigenvalue weighted by Crippen LogP contribution is -2.50. The maximum Gasteiger partial charge on any atom is 0.328 e. The van der Waals surface area contributed by atoms with Gasteiger partial charge in [-0.15, -0.1) is 0 Å². The fourth-order valence-corrected chi connectivity index (χ4v) is 2.80. The summed E-state index contributed by atoms with van der Waals surface area (Å²) >= 11 is 0. The average molecular weight is 355 g/mol. The van der Waals surface area contributed by atoms with Crippen LogP contribution in [0.4, 0.5) is 14.9 Å². The van der Waals surface area contributed by atoms with E-state index < -0.39 is 6.03 Å². The van der Waals surface area contributed by atoms with E-state index >= 15 is 0 Å². The van der Waals surface area contributed by atoms with Crippen molar-refractivity contribution >= 4 is 23.5 Å². The van der Waals surface area contributed by atoms with E-state index in [2.05, 4.69) is 10.6 Å². The number of imide groups is 1. The molecule has 4 amide bonds. The van der Waals surface area contributed by atoms with E-state index in [0.29, 0.717) is 16.8 Å². The molecule has 0 aliphatic carbocycles. The number of halogens is 1. The topological polar surface area (TPSA) is 78.5 Å². The molecule has 2 aromatic rings. The Morgan fingerprint density at radius 3 is 2.77 bits per heavy atom. The fourth-order valence-electron chi connectivity index (χ4n) is 2.80. The van der Waals surface area contributed by atoms with Crippen molar-refractivity contribution in [3.8, 4) is 0 Å². The Morgan fingerprint density at radius 1 is 1.23 bits per heavy atom. The Bertz CT molecular complexity index is 882. The number of hydrogen-bond donors (Lipinski definition) is 2. The first-order valence-electron chi connectivity index (χ1n) is 8.19. The van der Waals surface area contributed by atoms with E-state index in [4.69, 9.17) is 0 Å². The number of nitrogens with zero attached hydrogens (tertiary/aromatic N) is 1. The van der Waals surface area contributed by atoms with Crippen molar-refractivity contribution in [3.63, 3.8) is 0 Å². The molecule has 0 spiro atoms. The summed E-state index contributed by atoms with van der Waals surface area (Å²) in [5.41, 5.74) is 2.28. The first-order valence-corrected chi connectivity index (χ1v) is 8.19. The molecule has 3 rings (SSSR count). The summed E-state index contributed by atoms with van der Waals surface area (Å²) in [5, 5.41) is 5.00. The molecule has 26 heavy (non-hydrogen) atoms. The van der Waals surface area contributed by atoms with Crippen LogP contribution in [0.3, 0.4) is 0 Å². The van der Waals surface area contributed by atoms with Crippen LogP contribution < -0.4 is 15.5 Å². The summed E-state index contributed by atoms with van der Waals surface area (Å²) in [6.07, 6.45) is 0.171. The number of nitrogens with one attached hydrogen (secondary N) is 2. The molecule has 0 radical (unpaired) electrons. The van der Waals surface area contributed by atoms with Gasteiger partial charge in [0, 0.05) is 19.5 Å². The fraction of sp³-hybridized carbons (Fsp3) is 0.211. The molecule has 2 aromatic carbocycles. The minimum atomic E-state index is -0.553. The van der Waals surface area contributed by atoms with Gasteiger partial charge in [0.25, 0.3) is 5.91 Å². The van der Waals surface area contributed by atoms with E-state index in [0.717, 1.165) is 5.56 Å². The van der Waals surface area contributed by atoms with Crippen LogP contribution in [0.2, 0.25) is 0 Å². The first-order chi connectivity index (χ1) is 12.5. The molecule has 2 N–H and O–H groups in total. The molecule has 1 heterocycles. The quantitative estimate of drug-likeness (QED) is 0.885. The molecule has 7 heteroatoms. The predicted molar refractivity (Wildman–Crippen MR) is 94.3 cm³/mol. The second kappa shape index (κ2) is 7.35. The molecule has 1 aliphatic rings. The van der Waals surface area contributed by atoms with Gasteiger partial charge in [-0.25, -0.2) is 9.18 Å². The molecular formula is C19H18FN3O3. The van der Waals surface area contributed by atoms with Crippen molar-refractivity contribution in [3.05, 3.63) is 65.0 Å². The smallest absolute Gasteiger partial charge is 0.328 e. The Kier molecular flexibility index (Phi) is 4.97. The lowest BCUT2D eigenvalue weighted by atomic mass is 10.1. The number of amides is 4. The molecule has 0 aromatic heterocycles. The highest BCUT2D eigenvalue weighted by atomic mass is 19.1. The standard InChI is InChI=1S/C19H18FN3O3/c1-12-6-7-14(20)10-13(12)11-21-18(25)15-4-2-3-5-16(15)23-9-8-17(24)22-19(23)26/h2-7,10H,8-9,11H2,1H3,(H,21,25)(H,22,24,26). The summed E-state index contributed by atoms with van der Waals surface area (Å²) in [6, 6.07) is 10.5. The van der Waals surface area contributed by atoms with Crippen molar-refractivity contribution in [2.75, 3.05) is 11.4 Å². The third-order valence-electron chi connectivity index (χ3n) is 4.24. The van der Waals surface area contributed by atoms with Gasteiger partial charge in [-0.1, -0.05) is 18.2 Å². The largest absolute Gasteiger partial charge is 0.348 e. The van der Waals surface area contributed by atoms with Crippen LogP contribution in [0, 0.1) is 12.7 Å². The van der Waals surface area contributed by atoms with Crippen molar-refractivity contribution in [2.24, 2.45) is 0 Å².